The van der Waals surface area contributed by atoms with Crippen LogP contribution in [0, 0.1) is 13.8 Å². The molecule has 1 N–H and O–H groups in total. The van der Waals surface area contributed by atoms with Gasteiger partial charge in [0.1, 0.15) is 12.4 Å². The number of pyridine rings is 1. The first kappa shape index (κ1) is 13.4. The highest BCUT2D eigenvalue weighted by molar-refractivity contribution is 5.43. The number of hydrogen-bond acceptors (Lipinski definition) is 3. The largest absolute Gasteiger partial charge is 0.487 e. The third-order valence-electron chi connectivity index (χ3n) is 2.92. The van der Waals surface area contributed by atoms with Crippen molar-refractivity contribution in [2.75, 3.05) is 11.9 Å². The highest BCUT2D eigenvalue weighted by Crippen LogP contribution is 2.20. The second kappa shape index (κ2) is 6.23. The molecule has 0 atom stereocenters. The van der Waals surface area contributed by atoms with E-state index in [1.54, 1.807) is 6.20 Å². The Hall–Kier alpha value is -2.03. The third kappa shape index (κ3) is 3.71. The summed E-state index contributed by atoms with van der Waals surface area (Å²) in [5, 5.41) is 3.27. The van der Waals surface area contributed by atoms with Crippen LogP contribution >= 0.6 is 0 Å². The molecular weight excluding hydrogens is 236 g/mol. The van der Waals surface area contributed by atoms with E-state index in [4.69, 9.17) is 4.74 Å². The quantitative estimate of drug-likeness (QED) is 0.885. The number of aromatic nitrogens is 1. The molecule has 0 spiro atoms. The molecule has 0 radical (unpaired) electrons. The summed E-state index contributed by atoms with van der Waals surface area (Å²) in [6, 6.07) is 10.2. The van der Waals surface area contributed by atoms with E-state index >= 15 is 0 Å². The molecule has 1 heterocycles. The summed E-state index contributed by atoms with van der Waals surface area (Å²) >= 11 is 0. The first-order valence-electron chi connectivity index (χ1n) is 6.58. The molecule has 1 aromatic carbocycles. The highest BCUT2D eigenvalue weighted by Gasteiger charge is 2.02. The third-order valence-corrected chi connectivity index (χ3v) is 2.92. The van der Waals surface area contributed by atoms with Gasteiger partial charge in [-0.1, -0.05) is 12.1 Å². The van der Waals surface area contributed by atoms with Crippen LogP contribution in [0.3, 0.4) is 0 Å². The Labute approximate surface area is 114 Å². The average Bonchev–Trinajstić information content (AvgIpc) is 2.41. The molecule has 0 unspecified atom stereocenters. The molecule has 2 aromatic rings. The predicted octanol–water partition coefficient (Wildman–Crippen LogP) is 3.71. The smallest absolute Gasteiger partial charge is 0.130 e. The minimum absolute atomic E-state index is 0.490. The minimum atomic E-state index is 0.490. The Kier molecular flexibility index (Phi) is 4.39. The maximum absolute atomic E-state index is 5.85. The summed E-state index contributed by atoms with van der Waals surface area (Å²) in [5.74, 6) is 0.927. The van der Waals surface area contributed by atoms with Gasteiger partial charge in [0, 0.05) is 18.4 Å². The van der Waals surface area contributed by atoms with Gasteiger partial charge in [0.15, 0.2) is 0 Å². The van der Waals surface area contributed by atoms with Gasteiger partial charge in [0.25, 0.3) is 0 Å². The van der Waals surface area contributed by atoms with Crippen molar-refractivity contribution in [3.8, 4) is 5.75 Å². The number of nitrogens with one attached hydrogen (secondary N) is 1. The summed E-state index contributed by atoms with van der Waals surface area (Å²) < 4.78 is 5.85. The van der Waals surface area contributed by atoms with Crippen LogP contribution in [-0.4, -0.2) is 11.5 Å². The van der Waals surface area contributed by atoms with Gasteiger partial charge >= 0.3 is 0 Å². The van der Waals surface area contributed by atoms with E-state index in [1.165, 1.54) is 5.56 Å². The molecule has 2 rings (SSSR count). The number of rotatable bonds is 5. The fourth-order valence-corrected chi connectivity index (χ4v) is 1.89. The zero-order valence-corrected chi connectivity index (χ0v) is 11.7. The van der Waals surface area contributed by atoms with Crippen LogP contribution in [0.25, 0.3) is 0 Å². The standard InChI is InChI=1S/C16H20N2O/c1-4-17-14-7-8-18-15(10-14)11-19-16-9-12(2)5-6-13(16)3/h5-10H,4,11H2,1-3H3,(H,17,18). The lowest BCUT2D eigenvalue weighted by Crippen LogP contribution is -2.02. The monoisotopic (exact) mass is 256 g/mol. The predicted molar refractivity (Wildman–Crippen MR) is 78.6 cm³/mol. The van der Waals surface area contributed by atoms with Gasteiger partial charge in [-0.15, -0.1) is 0 Å². The molecule has 0 aliphatic heterocycles. The van der Waals surface area contributed by atoms with Gasteiger partial charge in [-0.3, -0.25) is 4.98 Å². The van der Waals surface area contributed by atoms with Crippen LogP contribution in [0.15, 0.2) is 36.5 Å². The number of anilines is 1. The minimum Gasteiger partial charge on any atom is -0.487 e. The molecule has 3 heteroatoms. The van der Waals surface area contributed by atoms with Gasteiger partial charge < -0.3 is 10.1 Å². The maximum atomic E-state index is 5.85. The first-order chi connectivity index (χ1) is 9.19. The molecule has 1 aromatic heterocycles. The lowest BCUT2D eigenvalue weighted by molar-refractivity contribution is 0.299. The molecule has 3 nitrogen and oxygen atoms in total. The van der Waals surface area contributed by atoms with E-state index in [9.17, 15) is 0 Å². The van der Waals surface area contributed by atoms with Gasteiger partial charge in [0.2, 0.25) is 0 Å². The Morgan fingerprint density at radius 3 is 2.79 bits per heavy atom. The maximum Gasteiger partial charge on any atom is 0.130 e. The molecule has 19 heavy (non-hydrogen) atoms. The van der Waals surface area contributed by atoms with Crippen LogP contribution in [0.1, 0.15) is 23.7 Å². The molecule has 100 valence electrons. The summed E-state index contributed by atoms with van der Waals surface area (Å²) in [6.07, 6.45) is 1.81. The number of nitrogens with zero attached hydrogens (tertiary/aromatic N) is 1. The van der Waals surface area contributed by atoms with Crippen molar-refractivity contribution in [2.24, 2.45) is 0 Å². The Morgan fingerprint density at radius 1 is 1.16 bits per heavy atom. The average molecular weight is 256 g/mol. The lowest BCUT2D eigenvalue weighted by Gasteiger charge is -2.10. The van der Waals surface area contributed by atoms with E-state index in [0.717, 1.165) is 29.2 Å². The van der Waals surface area contributed by atoms with Crippen LogP contribution in [0.4, 0.5) is 5.69 Å². The van der Waals surface area contributed by atoms with E-state index in [0.29, 0.717) is 6.61 Å². The molecule has 0 bridgehead atoms. The van der Waals surface area contributed by atoms with Crippen molar-refractivity contribution in [3.05, 3.63) is 53.3 Å². The van der Waals surface area contributed by atoms with Crippen molar-refractivity contribution in [3.63, 3.8) is 0 Å². The van der Waals surface area contributed by atoms with E-state index in [2.05, 4.69) is 49.3 Å². The fraction of sp³-hybridized carbons (Fsp3) is 0.312. The van der Waals surface area contributed by atoms with Crippen molar-refractivity contribution in [1.82, 2.24) is 4.98 Å². The molecule has 0 amide bonds. The lowest BCUT2D eigenvalue weighted by atomic mass is 10.1. The van der Waals surface area contributed by atoms with Crippen LogP contribution < -0.4 is 10.1 Å². The molecule has 0 fully saturated rings. The van der Waals surface area contributed by atoms with Crippen molar-refractivity contribution in [2.45, 2.75) is 27.4 Å². The Bertz CT molecular complexity index is 552. The summed E-state index contributed by atoms with van der Waals surface area (Å²) in [7, 11) is 0. The normalized spacial score (nSPS) is 10.3. The van der Waals surface area contributed by atoms with Crippen LogP contribution in [-0.2, 0) is 6.61 Å². The van der Waals surface area contributed by atoms with Gasteiger partial charge in [-0.05, 0) is 50.1 Å². The van der Waals surface area contributed by atoms with Crippen LogP contribution in [0.2, 0.25) is 0 Å². The molecule has 0 saturated carbocycles. The summed E-state index contributed by atoms with van der Waals surface area (Å²) in [6.45, 7) is 7.59. The molecule has 0 aliphatic rings. The number of aryl methyl sites for hydroxylation is 2. The van der Waals surface area contributed by atoms with Crippen LogP contribution in [0.5, 0.6) is 5.75 Å². The zero-order chi connectivity index (χ0) is 13.7. The van der Waals surface area contributed by atoms with E-state index in [1.807, 2.05) is 12.1 Å². The Morgan fingerprint density at radius 2 is 2.00 bits per heavy atom. The number of ether oxygens (including phenoxy) is 1. The van der Waals surface area contributed by atoms with E-state index < -0.39 is 0 Å². The van der Waals surface area contributed by atoms with Crippen molar-refractivity contribution < 1.29 is 4.74 Å². The molecule has 0 saturated heterocycles. The molecule has 0 aliphatic carbocycles. The first-order valence-corrected chi connectivity index (χ1v) is 6.58. The second-order valence-corrected chi connectivity index (χ2v) is 4.62. The summed E-state index contributed by atoms with van der Waals surface area (Å²) in [5.41, 5.74) is 4.36. The van der Waals surface area contributed by atoms with Crippen molar-refractivity contribution >= 4 is 5.69 Å². The number of benzene rings is 1. The summed E-state index contributed by atoms with van der Waals surface area (Å²) in [4.78, 5) is 4.32. The van der Waals surface area contributed by atoms with Gasteiger partial charge in [0.05, 0.1) is 5.69 Å². The SMILES string of the molecule is CCNc1ccnc(COc2cc(C)ccc2C)c1. The highest BCUT2D eigenvalue weighted by atomic mass is 16.5. The van der Waals surface area contributed by atoms with Gasteiger partial charge in [-0.25, -0.2) is 0 Å². The number of hydrogen-bond donors (Lipinski definition) is 1. The second-order valence-electron chi connectivity index (χ2n) is 4.62. The van der Waals surface area contributed by atoms with Crippen molar-refractivity contribution in [1.29, 1.82) is 0 Å². The zero-order valence-electron chi connectivity index (χ0n) is 11.7. The molecular formula is C16H20N2O. The topological polar surface area (TPSA) is 34.2 Å². The Balaban J connectivity index is 2.05. The fourth-order valence-electron chi connectivity index (χ4n) is 1.89. The van der Waals surface area contributed by atoms with Gasteiger partial charge in [-0.2, -0.15) is 0 Å². The van der Waals surface area contributed by atoms with E-state index in [-0.39, 0.29) is 0 Å².